The van der Waals surface area contributed by atoms with Crippen LogP contribution in [0, 0.1) is 30.0 Å². The Balaban J connectivity index is 1.28. The highest BCUT2D eigenvalue weighted by molar-refractivity contribution is 5.94. The molecule has 0 unspecified atom stereocenters. The minimum atomic E-state index is -4.58. The Morgan fingerprint density at radius 3 is 2.61 bits per heavy atom. The van der Waals surface area contributed by atoms with E-state index < -0.39 is 28.9 Å². The molecule has 2 aromatic carbocycles. The maximum atomic E-state index is 15.4. The number of nitrogens with zero attached hydrogens (tertiary/aromatic N) is 5. The van der Waals surface area contributed by atoms with Gasteiger partial charge < -0.3 is 15.0 Å². The van der Waals surface area contributed by atoms with Crippen molar-refractivity contribution in [1.82, 2.24) is 24.9 Å². The molecular formula is C29H24F4N6O2. The van der Waals surface area contributed by atoms with Crippen molar-refractivity contribution >= 4 is 34.1 Å². The molecule has 12 heteroatoms. The van der Waals surface area contributed by atoms with Gasteiger partial charge in [-0.1, -0.05) is 24.0 Å². The molecule has 0 atom stereocenters. The molecule has 2 saturated carbocycles. The number of amides is 1. The summed E-state index contributed by atoms with van der Waals surface area (Å²) in [7, 11) is 0. The maximum Gasteiger partial charge on any atom is 0.403 e. The van der Waals surface area contributed by atoms with Gasteiger partial charge in [-0.15, -0.1) is 10.2 Å². The first-order chi connectivity index (χ1) is 19.6. The molecular weight excluding hydrogens is 540 g/mol. The van der Waals surface area contributed by atoms with Crippen molar-refractivity contribution in [2.75, 3.05) is 18.1 Å². The van der Waals surface area contributed by atoms with Gasteiger partial charge in [0.1, 0.15) is 28.4 Å². The molecule has 0 saturated heterocycles. The Bertz CT molecular complexity index is 1800. The van der Waals surface area contributed by atoms with E-state index in [4.69, 9.17) is 9.72 Å². The van der Waals surface area contributed by atoms with E-state index in [9.17, 15) is 18.0 Å². The van der Waals surface area contributed by atoms with Crippen LogP contribution in [0.1, 0.15) is 42.6 Å². The van der Waals surface area contributed by atoms with E-state index in [2.05, 4.69) is 27.4 Å². The predicted octanol–water partition coefficient (Wildman–Crippen LogP) is 4.74. The molecule has 3 aliphatic rings. The lowest BCUT2D eigenvalue weighted by molar-refractivity contribution is -0.192. The second-order valence-corrected chi connectivity index (χ2v) is 10.8. The van der Waals surface area contributed by atoms with E-state index in [-0.39, 0.29) is 19.4 Å². The lowest BCUT2D eigenvalue weighted by atomic mass is 10.0. The van der Waals surface area contributed by atoms with E-state index in [0.29, 0.717) is 59.9 Å². The van der Waals surface area contributed by atoms with Crippen LogP contribution in [-0.2, 0) is 16.1 Å². The second-order valence-electron chi connectivity index (χ2n) is 10.8. The van der Waals surface area contributed by atoms with Gasteiger partial charge in [-0.2, -0.15) is 18.2 Å². The van der Waals surface area contributed by atoms with E-state index >= 15 is 4.39 Å². The van der Waals surface area contributed by atoms with Crippen molar-refractivity contribution in [3.05, 3.63) is 59.2 Å². The van der Waals surface area contributed by atoms with E-state index in [1.807, 2.05) is 11.0 Å². The Hall–Kier alpha value is -4.24. The quantitative estimate of drug-likeness (QED) is 0.286. The summed E-state index contributed by atoms with van der Waals surface area (Å²) in [6.07, 6.45) is -4.03. The number of rotatable bonds is 3. The number of alkyl halides is 3. The summed E-state index contributed by atoms with van der Waals surface area (Å²) < 4.78 is 63.3. The molecule has 1 aliphatic heterocycles. The number of aromatic nitrogens is 4. The van der Waals surface area contributed by atoms with Gasteiger partial charge in [0.25, 0.3) is 5.78 Å². The molecule has 2 aromatic heterocycles. The number of fused-ring (bicyclic) bond motifs is 4. The van der Waals surface area contributed by atoms with Gasteiger partial charge in [-0.25, -0.2) is 4.39 Å². The zero-order valence-corrected chi connectivity index (χ0v) is 22.0. The van der Waals surface area contributed by atoms with Crippen LogP contribution in [0.2, 0.25) is 0 Å². The normalized spacial score (nSPS) is 18.8. The molecule has 1 N–H and O–H groups in total. The molecule has 210 valence electrons. The van der Waals surface area contributed by atoms with Gasteiger partial charge in [-0.05, 0) is 56.9 Å². The second kappa shape index (κ2) is 8.88. The van der Waals surface area contributed by atoms with E-state index in [1.54, 1.807) is 35.6 Å². The highest BCUT2D eigenvalue weighted by Gasteiger charge is 2.69. The third-order valence-electron chi connectivity index (χ3n) is 8.14. The van der Waals surface area contributed by atoms with E-state index in [1.165, 1.54) is 6.07 Å². The minimum Gasteiger partial charge on any atom is -0.375 e. The monoisotopic (exact) mass is 564 g/mol. The summed E-state index contributed by atoms with van der Waals surface area (Å²) >= 11 is 0. The number of carbonyl (C=O) groups is 1. The molecule has 8 nitrogen and oxygen atoms in total. The van der Waals surface area contributed by atoms with Gasteiger partial charge >= 0.3 is 6.18 Å². The number of anilines is 2. The van der Waals surface area contributed by atoms with Crippen LogP contribution in [0.3, 0.4) is 0 Å². The first-order valence-corrected chi connectivity index (χ1v) is 13.3. The number of aryl methyl sites for hydroxylation is 1. The topological polar surface area (TPSA) is 84.7 Å². The van der Waals surface area contributed by atoms with Gasteiger partial charge in [0, 0.05) is 23.4 Å². The summed E-state index contributed by atoms with van der Waals surface area (Å²) in [5, 5.41) is 11.2. The van der Waals surface area contributed by atoms with Crippen LogP contribution >= 0.6 is 0 Å². The SMILES string of the molecule is Cc1nnc2nc(N3CCOCc4c(C#CC5(NC(=O)C6(C(F)(F)F)CC6)CC5)cccc43)c3c(F)cccc3n12. The Morgan fingerprint density at radius 2 is 1.88 bits per heavy atom. The zero-order valence-electron chi connectivity index (χ0n) is 22.0. The van der Waals surface area contributed by atoms with Crippen molar-refractivity contribution in [3.8, 4) is 11.8 Å². The molecule has 0 radical (unpaired) electrons. The molecule has 7 rings (SSSR count). The smallest absolute Gasteiger partial charge is 0.375 e. The number of ether oxygens (including phenoxy) is 1. The molecule has 0 bridgehead atoms. The standard InChI is InChI=1S/C29H24F4N6O2/c1-17-36-37-26-34-24(23-20(30)5-3-7-22(23)39(17)26)38-14-15-41-16-19-18(4-2-6-21(19)38)8-9-27(10-11-27)35-25(40)28(12-13-28)29(31,32)33/h2-7H,10-16H2,1H3,(H,35,40). The number of hydrogen-bond acceptors (Lipinski definition) is 6. The minimum absolute atomic E-state index is 0.200. The predicted molar refractivity (Wildman–Crippen MR) is 141 cm³/mol. The zero-order chi connectivity index (χ0) is 28.6. The Morgan fingerprint density at radius 1 is 1.10 bits per heavy atom. The lowest BCUT2D eigenvalue weighted by Crippen LogP contribution is -2.46. The van der Waals surface area contributed by atoms with Crippen LogP contribution in [0.4, 0.5) is 29.1 Å². The summed E-state index contributed by atoms with van der Waals surface area (Å²) in [5.74, 6) is 5.97. The molecule has 3 heterocycles. The van der Waals surface area contributed by atoms with Crippen LogP contribution < -0.4 is 10.2 Å². The van der Waals surface area contributed by atoms with Crippen molar-refractivity contribution in [2.45, 2.75) is 50.9 Å². The number of halogens is 4. The first kappa shape index (κ1) is 25.7. The maximum absolute atomic E-state index is 15.4. The summed E-state index contributed by atoms with van der Waals surface area (Å²) in [4.78, 5) is 19.1. The largest absolute Gasteiger partial charge is 0.403 e. The highest BCUT2D eigenvalue weighted by Crippen LogP contribution is 2.58. The fourth-order valence-corrected chi connectivity index (χ4v) is 5.43. The number of hydrogen-bond donors (Lipinski definition) is 1. The van der Waals surface area contributed by atoms with Gasteiger partial charge in [0.05, 0.1) is 24.1 Å². The average Bonchev–Trinajstić information content (AvgIpc) is 3.85. The van der Waals surface area contributed by atoms with Gasteiger partial charge in [0.2, 0.25) is 5.91 Å². The van der Waals surface area contributed by atoms with Crippen molar-refractivity contribution in [2.24, 2.45) is 5.41 Å². The van der Waals surface area contributed by atoms with E-state index in [0.717, 1.165) is 11.3 Å². The number of nitrogens with one attached hydrogen (secondary N) is 1. The fourth-order valence-electron chi connectivity index (χ4n) is 5.43. The third kappa shape index (κ3) is 4.10. The molecule has 1 amide bonds. The summed E-state index contributed by atoms with van der Waals surface area (Å²) in [6.45, 7) is 2.70. The number of carbonyl (C=O) groups excluding carboxylic acids is 1. The lowest BCUT2D eigenvalue weighted by Gasteiger charge is -2.25. The third-order valence-corrected chi connectivity index (χ3v) is 8.14. The van der Waals surface area contributed by atoms with Crippen LogP contribution in [0.25, 0.3) is 16.7 Å². The van der Waals surface area contributed by atoms with Gasteiger partial charge in [-0.3, -0.25) is 9.20 Å². The van der Waals surface area contributed by atoms with Crippen LogP contribution in [0.5, 0.6) is 0 Å². The average molecular weight is 565 g/mol. The van der Waals surface area contributed by atoms with Crippen LogP contribution in [0.15, 0.2) is 36.4 Å². The molecule has 2 aliphatic carbocycles. The molecule has 4 aromatic rings. The molecule has 2 fully saturated rings. The molecule has 41 heavy (non-hydrogen) atoms. The highest BCUT2D eigenvalue weighted by atomic mass is 19.4. The first-order valence-electron chi connectivity index (χ1n) is 13.3. The van der Waals surface area contributed by atoms with Crippen LogP contribution in [-0.4, -0.2) is 50.4 Å². The van der Waals surface area contributed by atoms with Gasteiger partial charge in [0.15, 0.2) is 0 Å². The Labute approximate surface area is 231 Å². The fraction of sp³-hybridized carbons (Fsp3) is 0.379. The van der Waals surface area contributed by atoms with Crippen molar-refractivity contribution < 1.29 is 27.1 Å². The summed E-state index contributed by atoms with van der Waals surface area (Å²) in [5.41, 5.74) is -0.641. The number of benzene rings is 2. The van der Waals surface area contributed by atoms with Crippen molar-refractivity contribution in [3.63, 3.8) is 0 Å². The summed E-state index contributed by atoms with van der Waals surface area (Å²) in [6, 6.07) is 10.3. The molecule has 0 spiro atoms. The van der Waals surface area contributed by atoms with Crippen molar-refractivity contribution in [1.29, 1.82) is 0 Å². The Kier molecular flexibility index (Phi) is 5.57.